The molecule has 1 aromatic carbocycles. The van der Waals surface area contributed by atoms with Crippen LogP contribution >= 0.6 is 0 Å². The quantitative estimate of drug-likeness (QED) is 0.865. The summed E-state index contributed by atoms with van der Waals surface area (Å²) in [6.45, 7) is 7.40. The predicted molar refractivity (Wildman–Crippen MR) is 101 cm³/mol. The second kappa shape index (κ2) is 9.06. The zero-order valence-electron chi connectivity index (χ0n) is 15.2. The normalized spacial score (nSPS) is 14.4. The second-order valence-electron chi connectivity index (χ2n) is 5.88. The highest BCUT2D eigenvalue weighted by Crippen LogP contribution is 2.25. The number of nitrogen functional groups attached to an aromatic ring is 1. The molecule has 1 saturated heterocycles. The van der Waals surface area contributed by atoms with Gasteiger partial charge in [-0.3, -0.25) is 9.78 Å². The molecular weight excluding hydrogens is 314 g/mol. The van der Waals surface area contributed by atoms with Crippen molar-refractivity contribution in [2.45, 2.75) is 39.7 Å². The molecule has 2 N–H and O–H groups in total. The van der Waals surface area contributed by atoms with Gasteiger partial charge in [0.05, 0.1) is 5.56 Å². The largest absolute Gasteiger partial charge is 0.490 e. The fraction of sp³-hybridized carbons (Fsp3) is 0.400. The van der Waals surface area contributed by atoms with Crippen LogP contribution in [0.5, 0.6) is 5.75 Å². The van der Waals surface area contributed by atoms with E-state index < -0.39 is 0 Å². The Morgan fingerprint density at radius 3 is 2.60 bits per heavy atom. The first kappa shape index (κ1) is 18.8. The molecule has 25 heavy (non-hydrogen) atoms. The Bertz CT molecular complexity index is 681. The molecule has 0 aliphatic carbocycles. The molecule has 1 aliphatic rings. The van der Waals surface area contributed by atoms with E-state index in [1.54, 1.807) is 24.5 Å². The molecule has 2 aromatic rings. The predicted octanol–water partition coefficient (Wildman–Crippen LogP) is 3.68. The van der Waals surface area contributed by atoms with Crippen LogP contribution in [-0.2, 0) is 0 Å². The van der Waals surface area contributed by atoms with Gasteiger partial charge in [-0.25, -0.2) is 0 Å². The fourth-order valence-electron chi connectivity index (χ4n) is 2.77. The molecule has 0 saturated carbocycles. The summed E-state index contributed by atoms with van der Waals surface area (Å²) in [5.41, 5.74) is 8.24. The Morgan fingerprint density at radius 1 is 1.24 bits per heavy atom. The summed E-state index contributed by atoms with van der Waals surface area (Å²) in [6, 6.07) is 9.28. The first-order valence-corrected chi connectivity index (χ1v) is 8.85. The van der Waals surface area contributed by atoms with Crippen molar-refractivity contribution in [3.05, 3.63) is 53.9 Å². The molecule has 5 heteroatoms. The number of hydrogen-bond acceptors (Lipinski definition) is 4. The van der Waals surface area contributed by atoms with Gasteiger partial charge in [0.15, 0.2) is 0 Å². The van der Waals surface area contributed by atoms with E-state index in [4.69, 9.17) is 10.5 Å². The van der Waals surface area contributed by atoms with Crippen molar-refractivity contribution in [3.63, 3.8) is 0 Å². The van der Waals surface area contributed by atoms with Crippen molar-refractivity contribution in [3.8, 4) is 5.75 Å². The number of nitrogens with zero attached hydrogens (tertiary/aromatic N) is 2. The van der Waals surface area contributed by atoms with Crippen LogP contribution in [0.25, 0.3) is 0 Å². The molecule has 134 valence electrons. The van der Waals surface area contributed by atoms with E-state index in [1.807, 2.05) is 43.9 Å². The lowest BCUT2D eigenvalue weighted by molar-refractivity contribution is 0.0594. The Balaban J connectivity index is 0.00000109. The fourth-order valence-corrected chi connectivity index (χ4v) is 2.77. The molecule has 3 rings (SSSR count). The number of aromatic nitrogens is 1. The van der Waals surface area contributed by atoms with Crippen molar-refractivity contribution in [2.75, 3.05) is 18.8 Å². The van der Waals surface area contributed by atoms with Crippen molar-refractivity contribution in [2.24, 2.45) is 0 Å². The van der Waals surface area contributed by atoms with Crippen LogP contribution in [0, 0.1) is 6.92 Å². The third-order valence-corrected chi connectivity index (χ3v) is 4.14. The van der Waals surface area contributed by atoms with Crippen LogP contribution in [-0.4, -0.2) is 35.0 Å². The zero-order valence-corrected chi connectivity index (χ0v) is 15.2. The zero-order chi connectivity index (χ0) is 18.2. The van der Waals surface area contributed by atoms with Crippen LogP contribution in [0.15, 0.2) is 42.7 Å². The monoisotopic (exact) mass is 341 g/mol. The van der Waals surface area contributed by atoms with Crippen molar-refractivity contribution in [1.29, 1.82) is 0 Å². The molecule has 0 unspecified atom stereocenters. The summed E-state index contributed by atoms with van der Waals surface area (Å²) >= 11 is 0. The number of amides is 1. The van der Waals surface area contributed by atoms with E-state index in [0.717, 1.165) is 24.2 Å². The van der Waals surface area contributed by atoms with Crippen molar-refractivity contribution < 1.29 is 9.53 Å². The maximum atomic E-state index is 12.4. The van der Waals surface area contributed by atoms with Gasteiger partial charge in [-0.1, -0.05) is 19.9 Å². The number of anilines is 1. The number of ether oxygens (including phenoxy) is 1. The van der Waals surface area contributed by atoms with Gasteiger partial charge in [-0.05, 0) is 30.7 Å². The highest BCUT2D eigenvalue weighted by molar-refractivity contribution is 5.93. The number of aryl methyl sites for hydroxylation is 1. The van der Waals surface area contributed by atoms with Crippen LogP contribution < -0.4 is 10.5 Å². The second-order valence-corrected chi connectivity index (χ2v) is 5.88. The smallest absolute Gasteiger partial charge is 0.255 e. The lowest BCUT2D eigenvalue weighted by Gasteiger charge is -2.32. The molecule has 0 radical (unpaired) electrons. The average Bonchev–Trinajstić information content (AvgIpc) is 2.67. The average molecular weight is 341 g/mol. The van der Waals surface area contributed by atoms with E-state index in [2.05, 4.69) is 4.98 Å². The molecule has 0 bridgehead atoms. The van der Waals surface area contributed by atoms with Gasteiger partial charge in [0.1, 0.15) is 11.9 Å². The Labute approximate surface area is 149 Å². The first-order valence-electron chi connectivity index (χ1n) is 8.85. The molecule has 2 heterocycles. The number of nitrogens with two attached hydrogens (primary N) is 1. The van der Waals surface area contributed by atoms with Gasteiger partial charge in [-0.2, -0.15) is 0 Å². The summed E-state index contributed by atoms with van der Waals surface area (Å²) in [4.78, 5) is 18.3. The van der Waals surface area contributed by atoms with E-state index >= 15 is 0 Å². The molecule has 1 aliphatic heterocycles. The number of pyridine rings is 1. The van der Waals surface area contributed by atoms with Crippen LogP contribution in [0.1, 0.15) is 42.6 Å². The van der Waals surface area contributed by atoms with Gasteiger partial charge in [0, 0.05) is 50.1 Å². The van der Waals surface area contributed by atoms with Crippen LogP contribution in [0.3, 0.4) is 0 Å². The molecule has 0 spiro atoms. The van der Waals surface area contributed by atoms with Crippen LogP contribution in [0.2, 0.25) is 0 Å². The highest BCUT2D eigenvalue weighted by Gasteiger charge is 2.25. The number of benzene rings is 1. The number of piperidine rings is 1. The lowest BCUT2D eigenvalue weighted by Crippen LogP contribution is -2.41. The lowest BCUT2D eigenvalue weighted by atomic mass is 10.1. The van der Waals surface area contributed by atoms with Gasteiger partial charge in [-0.15, -0.1) is 0 Å². The highest BCUT2D eigenvalue weighted by atomic mass is 16.5. The van der Waals surface area contributed by atoms with Gasteiger partial charge < -0.3 is 15.4 Å². The third-order valence-electron chi connectivity index (χ3n) is 4.14. The Hall–Kier alpha value is -2.56. The van der Waals surface area contributed by atoms with E-state index in [0.29, 0.717) is 24.3 Å². The summed E-state index contributed by atoms with van der Waals surface area (Å²) in [5.74, 6) is 0.874. The third kappa shape index (κ3) is 4.95. The summed E-state index contributed by atoms with van der Waals surface area (Å²) in [5, 5.41) is 0. The van der Waals surface area contributed by atoms with Crippen molar-refractivity contribution >= 4 is 11.6 Å². The minimum absolute atomic E-state index is 0.0386. The van der Waals surface area contributed by atoms with E-state index in [-0.39, 0.29) is 12.0 Å². The van der Waals surface area contributed by atoms with Gasteiger partial charge >= 0.3 is 0 Å². The molecule has 5 nitrogen and oxygen atoms in total. The Morgan fingerprint density at radius 2 is 1.96 bits per heavy atom. The summed E-state index contributed by atoms with van der Waals surface area (Å²) in [6.07, 6.45) is 5.04. The van der Waals surface area contributed by atoms with E-state index in [1.165, 1.54) is 0 Å². The van der Waals surface area contributed by atoms with Crippen molar-refractivity contribution in [1.82, 2.24) is 9.88 Å². The minimum Gasteiger partial charge on any atom is -0.490 e. The minimum atomic E-state index is 0.0386. The molecular formula is C20H27N3O2. The summed E-state index contributed by atoms with van der Waals surface area (Å²) in [7, 11) is 0. The summed E-state index contributed by atoms with van der Waals surface area (Å²) < 4.78 is 6.07. The van der Waals surface area contributed by atoms with E-state index in [9.17, 15) is 4.79 Å². The maximum Gasteiger partial charge on any atom is 0.255 e. The SMILES string of the molecule is CC.Cc1ccc(N)cc1OC1CCN(C(=O)c2cccnc2)CC1. The number of rotatable bonds is 3. The standard InChI is InChI=1S/C18H21N3O2.C2H6/c1-13-4-5-15(19)11-17(13)23-16-6-9-21(10-7-16)18(22)14-3-2-8-20-12-14;1-2/h2-5,8,11-12,16H,6-7,9-10,19H2,1H3;1-2H3. The van der Waals surface area contributed by atoms with Crippen LogP contribution in [0.4, 0.5) is 5.69 Å². The van der Waals surface area contributed by atoms with Gasteiger partial charge in [0.25, 0.3) is 5.91 Å². The number of hydrogen-bond donors (Lipinski definition) is 1. The molecule has 1 fully saturated rings. The first-order chi connectivity index (χ1) is 12.1. The molecule has 0 atom stereocenters. The number of carbonyl (C=O) groups is 1. The molecule has 1 aromatic heterocycles. The molecule has 1 amide bonds. The maximum absolute atomic E-state index is 12.4. The van der Waals surface area contributed by atoms with Gasteiger partial charge in [0.2, 0.25) is 0 Å². The number of carbonyl (C=O) groups excluding carboxylic acids is 1. The number of likely N-dealkylation sites (tertiary alicyclic amines) is 1. The Kier molecular flexibility index (Phi) is 6.81. The topological polar surface area (TPSA) is 68.5 Å².